The third kappa shape index (κ3) is 8.08. The molecule has 1 atom stereocenters. The van der Waals surface area contributed by atoms with E-state index in [1.807, 2.05) is 12.1 Å². The topological polar surface area (TPSA) is 92.3 Å². The molecular weight excluding hydrogens is 440 g/mol. The Morgan fingerprint density at radius 1 is 1.30 bits per heavy atom. The zero-order chi connectivity index (χ0) is 23.8. The number of rotatable bonds is 6. The molecule has 3 rings (SSSR count). The molecule has 8 nitrogen and oxygen atoms in total. The first-order valence-electron chi connectivity index (χ1n) is 11.3. The molecule has 9 heteroatoms. The normalized spacial score (nSPS) is 18.8. The molecule has 0 aromatic heterocycles. The minimum atomic E-state index is -0.626. The Hall–Kier alpha value is -2.52. The average Bonchev–Trinajstić information content (AvgIpc) is 2.77. The summed E-state index contributed by atoms with van der Waals surface area (Å²) in [6, 6.07) is 8.37. The fraction of sp³-hybridized carbons (Fsp3) is 0.542. The molecule has 2 N–H and O–H groups in total. The van der Waals surface area contributed by atoms with Crippen molar-refractivity contribution in [2.24, 2.45) is 10.9 Å². The molecule has 0 unspecified atom stereocenters. The highest BCUT2D eigenvalue weighted by Gasteiger charge is 2.21. The lowest BCUT2D eigenvalue weighted by Crippen LogP contribution is -2.41. The standard InChI is InChI=1S/C24H34N4O4S/c1-24(2,3)32-23(30)25-14-21(29)27-22-26-20(10-12-33-22)18-8-5-9-19(13-18)28-11-6-7-17(15-28)16-31-4/h5,8-10,13,17H,6-7,11-12,14-16H2,1-4H3,(H,25,30)(H,26,27,29)/t17-/m0/s1. The van der Waals surface area contributed by atoms with E-state index in [0.717, 1.165) is 37.4 Å². The highest BCUT2D eigenvalue weighted by molar-refractivity contribution is 8.14. The molecule has 2 amide bonds. The quantitative estimate of drug-likeness (QED) is 0.654. The number of anilines is 1. The summed E-state index contributed by atoms with van der Waals surface area (Å²) in [6.07, 6.45) is 3.78. The molecule has 180 valence electrons. The number of alkyl carbamates (subject to hydrolysis) is 1. The van der Waals surface area contributed by atoms with Crippen molar-refractivity contribution in [1.29, 1.82) is 0 Å². The summed E-state index contributed by atoms with van der Waals surface area (Å²) in [5, 5.41) is 5.75. The number of amides is 2. The fourth-order valence-electron chi connectivity index (χ4n) is 3.80. The maximum absolute atomic E-state index is 12.3. The molecule has 0 saturated carbocycles. The van der Waals surface area contributed by atoms with Crippen LogP contribution in [-0.4, -0.2) is 61.9 Å². The second kappa shape index (κ2) is 11.6. The van der Waals surface area contributed by atoms with E-state index in [1.165, 1.54) is 23.9 Å². The van der Waals surface area contributed by atoms with Crippen LogP contribution in [0.4, 0.5) is 10.5 Å². The van der Waals surface area contributed by atoms with Gasteiger partial charge in [0.2, 0.25) is 5.91 Å². The maximum atomic E-state index is 12.3. The second-order valence-corrected chi connectivity index (χ2v) is 10.2. The highest BCUT2D eigenvalue weighted by Crippen LogP contribution is 2.29. The van der Waals surface area contributed by atoms with E-state index in [4.69, 9.17) is 9.47 Å². The lowest BCUT2D eigenvalue weighted by molar-refractivity contribution is -0.118. The number of aliphatic imine (C=N–C) groups is 1. The summed E-state index contributed by atoms with van der Waals surface area (Å²) in [6.45, 7) is 7.94. The number of piperidine rings is 1. The molecule has 2 aliphatic heterocycles. The van der Waals surface area contributed by atoms with Crippen molar-refractivity contribution in [3.63, 3.8) is 0 Å². The average molecular weight is 475 g/mol. The molecular formula is C24H34N4O4S. The Balaban J connectivity index is 1.60. The fourth-order valence-corrected chi connectivity index (χ4v) is 4.54. The van der Waals surface area contributed by atoms with Gasteiger partial charge in [-0.2, -0.15) is 0 Å². The summed E-state index contributed by atoms with van der Waals surface area (Å²) >= 11 is 1.45. The first-order chi connectivity index (χ1) is 15.7. The zero-order valence-electron chi connectivity index (χ0n) is 19.8. The molecule has 0 aliphatic carbocycles. The Morgan fingerprint density at radius 2 is 2.12 bits per heavy atom. The number of thioether (sulfide) groups is 1. The first kappa shape index (κ1) is 25.1. The van der Waals surface area contributed by atoms with E-state index in [2.05, 4.69) is 38.7 Å². The lowest BCUT2D eigenvalue weighted by Gasteiger charge is -2.34. The number of carbonyl (C=O) groups is 2. The Kier molecular flexibility index (Phi) is 8.80. The largest absolute Gasteiger partial charge is 0.444 e. The van der Waals surface area contributed by atoms with Crippen LogP contribution in [0.1, 0.15) is 39.2 Å². The van der Waals surface area contributed by atoms with E-state index in [9.17, 15) is 9.59 Å². The van der Waals surface area contributed by atoms with Gasteiger partial charge >= 0.3 is 6.09 Å². The van der Waals surface area contributed by atoms with Gasteiger partial charge in [0.15, 0.2) is 5.17 Å². The number of hydrogen-bond acceptors (Lipinski definition) is 7. The number of amidine groups is 1. The van der Waals surface area contributed by atoms with Gasteiger partial charge in [0.1, 0.15) is 12.1 Å². The molecule has 33 heavy (non-hydrogen) atoms. The van der Waals surface area contributed by atoms with Crippen LogP contribution in [0.2, 0.25) is 0 Å². The zero-order valence-corrected chi connectivity index (χ0v) is 20.7. The van der Waals surface area contributed by atoms with Gasteiger partial charge in [-0.05, 0) is 57.7 Å². The van der Waals surface area contributed by atoms with Crippen molar-refractivity contribution in [2.45, 2.75) is 39.2 Å². The summed E-state index contributed by atoms with van der Waals surface area (Å²) in [5.74, 6) is 0.907. The van der Waals surface area contributed by atoms with Crippen LogP contribution in [0.5, 0.6) is 0 Å². The smallest absolute Gasteiger partial charge is 0.408 e. The van der Waals surface area contributed by atoms with Crippen LogP contribution >= 0.6 is 11.8 Å². The van der Waals surface area contributed by atoms with E-state index in [-0.39, 0.29) is 12.5 Å². The van der Waals surface area contributed by atoms with E-state index in [0.29, 0.717) is 16.8 Å². The molecule has 1 fully saturated rings. The molecule has 1 saturated heterocycles. The number of ether oxygens (including phenoxy) is 2. The molecule has 0 bridgehead atoms. The van der Waals surface area contributed by atoms with Crippen LogP contribution in [0.25, 0.3) is 5.70 Å². The van der Waals surface area contributed by atoms with Gasteiger partial charge in [0.25, 0.3) is 0 Å². The minimum Gasteiger partial charge on any atom is -0.444 e. The van der Waals surface area contributed by atoms with Crippen molar-refractivity contribution < 1.29 is 19.1 Å². The molecule has 0 radical (unpaired) electrons. The van der Waals surface area contributed by atoms with Gasteiger partial charge in [-0.15, -0.1) is 0 Å². The lowest BCUT2D eigenvalue weighted by atomic mass is 9.98. The molecule has 2 aliphatic rings. The van der Waals surface area contributed by atoms with Crippen molar-refractivity contribution in [3.8, 4) is 0 Å². The van der Waals surface area contributed by atoms with E-state index >= 15 is 0 Å². The summed E-state index contributed by atoms with van der Waals surface area (Å²) in [7, 11) is 1.76. The Labute approximate surface area is 200 Å². The van der Waals surface area contributed by atoms with Crippen molar-refractivity contribution in [2.75, 3.05) is 44.0 Å². The Morgan fingerprint density at radius 3 is 2.88 bits per heavy atom. The number of nitrogens with zero attached hydrogens (tertiary/aromatic N) is 2. The number of carbonyl (C=O) groups excluding carboxylic acids is 2. The number of hydrogen-bond donors (Lipinski definition) is 2. The van der Waals surface area contributed by atoms with Crippen molar-refractivity contribution in [3.05, 3.63) is 35.9 Å². The van der Waals surface area contributed by atoms with Gasteiger partial charge in [-0.25, -0.2) is 9.79 Å². The van der Waals surface area contributed by atoms with Crippen molar-refractivity contribution >= 4 is 40.3 Å². The van der Waals surface area contributed by atoms with Crippen LogP contribution in [-0.2, 0) is 14.3 Å². The monoisotopic (exact) mass is 474 g/mol. The van der Waals surface area contributed by atoms with Crippen LogP contribution in [0, 0.1) is 5.92 Å². The third-order valence-electron chi connectivity index (χ3n) is 5.19. The summed E-state index contributed by atoms with van der Waals surface area (Å²) in [5.41, 5.74) is 2.41. The van der Waals surface area contributed by atoms with Gasteiger partial charge in [-0.3, -0.25) is 4.79 Å². The number of methoxy groups -OCH3 is 1. The van der Waals surface area contributed by atoms with E-state index in [1.54, 1.807) is 27.9 Å². The predicted octanol–water partition coefficient (Wildman–Crippen LogP) is 3.63. The van der Waals surface area contributed by atoms with Crippen LogP contribution in [0.15, 0.2) is 35.3 Å². The SMILES string of the molecule is COC[C@H]1CCCN(c2cccc(C3=CCSC(NC(=O)CNC(=O)OC(C)(C)C)=N3)c2)C1. The molecule has 0 spiro atoms. The van der Waals surface area contributed by atoms with Crippen LogP contribution in [0.3, 0.4) is 0 Å². The number of benzene rings is 1. The summed E-state index contributed by atoms with van der Waals surface area (Å²) < 4.78 is 10.5. The van der Waals surface area contributed by atoms with Gasteiger partial charge in [0.05, 0.1) is 12.3 Å². The first-order valence-corrected chi connectivity index (χ1v) is 12.2. The van der Waals surface area contributed by atoms with Gasteiger partial charge < -0.3 is 25.0 Å². The summed E-state index contributed by atoms with van der Waals surface area (Å²) in [4.78, 5) is 31.0. The Bertz CT molecular complexity index is 908. The second-order valence-electron chi connectivity index (χ2n) is 9.18. The predicted molar refractivity (Wildman–Crippen MR) is 134 cm³/mol. The molecule has 2 heterocycles. The molecule has 1 aromatic rings. The van der Waals surface area contributed by atoms with Gasteiger partial charge in [0, 0.05) is 37.2 Å². The molecule has 1 aromatic carbocycles. The maximum Gasteiger partial charge on any atom is 0.408 e. The van der Waals surface area contributed by atoms with Gasteiger partial charge in [-0.1, -0.05) is 23.9 Å². The third-order valence-corrected chi connectivity index (χ3v) is 5.99. The van der Waals surface area contributed by atoms with Crippen molar-refractivity contribution in [1.82, 2.24) is 10.6 Å². The highest BCUT2D eigenvalue weighted by atomic mass is 32.2. The van der Waals surface area contributed by atoms with Crippen LogP contribution < -0.4 is 15.5 Å². The van der Waals surface area contributed by atoms with E-state index < -0.39 is 11.7 Å². The minimum absolute atomic E-state index is 0.180. The number of nitrogens with one attached hydrogen (secondary N) is 2.